The van der Waals surface area contributed by atoms with E-state index < -0.39 is 0 Å². The van der Waals surface area contributed by atoms with E-state index in [1.807, 2.05) is 25.1 Å². The van der Waals surface area contributed by atoms with Crippen LogP contribution < -0.4 is 0 Å². The summed E-state index contributed by atoms with van der Waals surface area (Å²) in [6, 6.07) is 14.9. The molecule has 0 aliphatic heterocycles. The lowest BCUT2D eigenvalue weighted by Crippen LogP contribution is -1.94. The van der Waals surface area contributed by atoms with Gasteiger partial charge in [-0.05, 0) is 41.5 Å². The summed E-state index contributed by atoms with van der Waals surface area (Å²) in [4.78, 5) is 8.90. The van der Waals surface area contributed by atoms with Crippen LogP contribution in [0.2, 0.25) is 5.02 Å². The lowest BCUT2D eigenvalue weighted by molar-refractivity contribution is 0.835. The first-order valence-corrected chi connectivity index (χ1v) is 8.34. The van der Waals surface area contributed by atoms with Crippen LogP contribution in [0.25, 0.3) is 0 Å². The molecule has 0 amide bonds. The van der Waals surface area contributed by atoms with E-state index in [9.17, 15) is 0 Å². The van der Waals surface area contributed by atoms with Gasteiger partial charge >= 0.3 is 0 Å². The standard InChI is InChI=1S/C20H23ClN2/c1-13(2)16-9-7-10-17(14(3)4)20(16)23-12-22-19-15(5)8-6-11-18(19)21/h6-11,13-14H,1-5H3. The maximum absolute atomic E-state index is 6.20. The summed E-state index contributed by atoms with van der Waals surface area (Å²) in [6.07, 6.45) is 0. The van der Waals surface area contributed by atoms with E-state index >= 15 is 0 Å². The quantitative estimate of drug-likeness (QED) is 0.539. The van der Waals surface area contributed by atoms with Gasteiger partial charge in [0, 0.05) is 0 Å². The van der Waals surface area contributed by atoms with E-state index in [0.29, 0.717) is 16.9 Å². The van der Waals surface area contributed by atoms with Crippen LogP contribution in [-0.2, 0) is 0 Å². The van der Waals surface area contributed by atoms with Gasteiger partial charge in [0.15, 0.2) is 0 Å². The average Bonchev–Trinajstić information content (AvgIpc) is 2.49. The predicted octanol–water partition coefficient (Wildman–Crippen LogP) is 7.03. The molecule has 2 rings (SSSR count). The highest BCUT2D eigenvalue weighted by Gasteiger charge is 2.12. The van der Waals surface area contributed by atoms with Gasteiger partial charge in [-0.25, -0.2) is 0 Å². The highest BCUT2D eigenvalue weighted by molar-refractivity contribution is 6.33. The van der Waals surface area contributed by atoms with Crippen LogP contribution in [0.5, 0.6) is 0 Å². The van der Waals surface area contributed by atoms with Gasteiger partial charge in [-0.15, -0.1) is 0 Å². The van der Waals surface area contributed by atoms with Crippen molar-refractivity contribution < 1.29 is 0 Å². The number of nitrogens with zero attached hydrogens (tertiary/aromatic N) is 2. The van der Waals surface area contributed by atoms with Gasteiger partial charge in [0.2, 0.25) is 0 Å². The van der Waals surface area contributed by atoms with Crippen molar-refractivity contribution in [2.45, 2.75) is 46.5 Å². The van der Waals surface area contributed by atoms with Crippen molar-refractivity contribution in [3.8, 4) is 0 Å². The van der Waals surface area contributed by atoms with Crippen molar-refractivity contribution in [1.29, 1.82) is 0 Å². The van der Waals surface area contributed by atoms with Crippen molar-refractivity contribution in [1.82, 2.24) is 0 Å². The van der Waals surface area contributed by atoms with Crippen LogP contribution in [0.15, 0.2) is 46.4 Å². The monoisotopic (exact) mass is 326 g/mol. The third-order valence-electron chi connectivity index (χ3n) is 3.85. The first kappa shape index (κ1) is 17.5. The van der Waals surface area contributed by atoms with Crippen molar-refractivity contribution in [2.75, 3.05) is 0 Å². The summed E-state index contributed by atoms with van der Waals surface area (Å²) < 4.78 is 0. The number of hydrogen-bond donors (Lipinski definition) is 0. The summed E-state index contributed by atoms with van der Waals surface area (Å²) in [5.41, 5.74) is 5.16. The lowest BCUT2D eigenvalue weighted by Gasteiger charge is -2.15. The van der Waals surface area contributed by atoms with Crippen molar-refractivity contribution in [3.63, 3.8) is 0 Å². The van der Waals surface area contributed by atoms with E-state index in [-0.39, 0.29) is 0 Å². The molecule has 120 valence electrons. The third kappa shape index (κ3) is 4.10. The fraction of sp³-hybridized carbons (Fsp3) is 0.350. The minimum absolute atomic E-state index is 0.399. The second kappa shape index (κ2) is 7.59. The molecular formula is C20H23ClN2. The van der Waals surface area contributed by atoms with Crippen LogP contribution in [-0.4, -0.2) is 6.01 Å². The minimum Gasteiger partial charge on any atom is -0.187 e. The molecule has 0 saturated carbocycles. The molecule has 0 atom stereocenters. The Bertz CT molecular complexity index is 708. The van der Waals surface area contributed by atoms with Crippen LogP contribution in [0.1, 0.15) is 56.2 Å². The Morgan fingerprint density at radius 1 is 0.826 bits per heavy atom. The van der Waals surface area contributed by atoms with Crippen LogP contribution in [0.4, 0.5) is 11.4 Å². The Morgan fingerprint density at radius 2 is 1.35 bits per heavy atom. The molecule has 0 spiro atoms. The molecule has 23 heavy (non-hydrogen) atoms. The number of hydrogen-bond acceptors (Lipinski definition) is 2. The van der Waals surface area contributed by atoms with Crippen molar-refractivity contribution in [3.05, 3.63) is 58.1 Å². The zero-order valence-electron chi connectivity index (χ0n) is 14.4. The molecule has 0 unspecified atom stereocenters. The molecule has 0 heterocycles. The number of aryl methyl sites for hydroxylation is 1. The Morgan fingerprint density at radius 3 is 1.87 bits per heavy atom. The first-order valence-electron chi connectivity index (χ1n) is 7.96. The zero-order chi connectivity index (χ0) is 17.0. The van der Waals surface area contributed by atoms with Gasteiger partial charge in [0.25, 0.3) is 0 Å². The third-order valence-corrected chi connectivity index (χ3v) is 4.16. The number of benzene rings is 2. The fourth-order valence-electron chi connectivity index (χ4n) is 2.53. The van der Waals surface area contributed by atoms with Gasteiger partial charge in [-0.2, -0.15) is 9.98 Å². The van der Waals surface area contributed by atoms with Crippen LogP contribution in [0.3, 0.4) is 0 Å². The van der Waals surface area contributed by atoms with E-state index in [1.165, 1.54) is 11.1 Å². The second-order valence-electron chi connectivity index (χ2n) is 6.32. The molecule has 0 bridgehead atoms. The van der Waals surface area contributed by atoms with Crippen molar-refractivity contribution in [2.24, 2.45) is 9.98 Å². The number of aliphatic imine (C=N–C) groups is 2. The molecule has 0 radical (unpaired) electrons. The van der Waals surface area contributed by atoms with Gasteiger partial charge in [-0.1, -0.05) is 69.6 Å². The smallest absolute Gasteiger partial charge is 0.101 e. The predicted molar refractivity (Wildman–Crippen MR) is 100.0 cm³/mol. The summed E-state index contributed by atoms with van der Waals surface area (Å²) in [5, 5.41) is 0.619. The topological polar surface area (TPSA) is 24.7 Å². The Balaban J connectivity index is 2.52. The Kier molecular flexibility index (Phi) is 5.76. The van der Waals surface area contributed by atoms with E-state index in [4.69, 9.17) is 11.6 Å². The summed E-state index contributed by atoms with van der Waals surface area (Å²) in [6.45, 7) is 10.7. The average molecular weight is 327 g/mol. The summed E-state index contributed by atoms with van der Waals surface area (Å²) in [7, 11) is 0. The highest BCUT2D eigenvalue weighted by Crippen LogP contribution is 2.34. The molecule has 0 fully saturated rings. The molecule has 2 aromatic carbocycles. The Hall–Kier alpha value is -1.89. The normalized spacial score (nSPS) is 10.8. The number of rotatable bonds is 4. The van der Waals surface area contributed by atoms with Gasteiger partial charge < -0.3 is 0 Å². The minimum atomic E-state index is 0.399. The van der Waals surface area contributed by atoms with Crippen LogP contribution >= 0.6 is 11.6 Å². The fourth-order valence-corrected chi connectivity index (χ4v) is 2.79. The molecule has 0 N–H and O–H groups in total. The summed E-state index contributed by atoms with van der Waals surface area (Å²) >= 11 is 6.20. The van der Waals surface area contributed by atoms with Gasteiger partial charge in [0.05, 0.1) is 16.4 Å². The summed E-state index contributed by atoms with van der Waals surface area (Å²) in [5.74, 6) is 0.799. The maximum atomic E-state index is 6.20. The molecule has 3 heteroatoms. The maximum Gasteiger partial charge on any atom is 0.101 e. The molecule has 2 nitrogen and oxygen atoms in total. The SMILES string of the molecule is Cc1cccc(Cl)c1N=C=Nc1c(C(C)C)cccc1C(C)C. The van der Waals surface area contributed by atoms with E-state index in [1.54, 1.807) is 0 Å². The van der Waals surface area contributed by atoms with Crippen molar-refractivity contribution >= 4 is 29.0 Å². The molecule has 0 aliphatic carbocycles. The Labute approximate surface area is 144 Å². The second-order valence-corrected chi connectivity index (χ2v) is 6.73. The lowest BCUT2D eigenvalue weighted by atomic mass is 9.93. The van der Waals surface area contributed by atoms with E-state index in [2.05, 4.69) is 61.9 Å². The molecular weight excluding hydrogens is 304 g/mol. The zero-order valence-corrected chi connectivity index (χ0v) is 15.1. The molecule has 0 aromatic heterocycles. The van der Waals surface area contributed by atoms with Crippen LogP contribution in [0, 0.1) is 6.92 Å². The van der Waals surface area contributed by atoms with E-state index in [0.717, 1.165) is 16.9 Å². The molecule has 0 saturated heterocycles. The molecule has 0 aliphatic rings. The number of halogens is 1. The van der Waals surface area contributed by atoms with Gasteiger partial charge in [-0.3, -0.25) is 0 Å². The first-order chi connectivity index (χ1) is 10.9. The molecule has 2 aromatic rings. The number of para-hydroxylation sites is 2. The largest absolute Gasteiger partial charge is 0.187 e. The highest BCUT2D eigenvalue weighted by atomic mass is 35.5. The van der Waals surface area contributed by atoms with Gasteiger partial charge in [0.1, 0.15) is 6.01 Å².